The van der Waals surface area contributed by atoms with Gasteiger partial charge in [-0.2, -0.15) is 0 Å². The Morgan fingerprint density at radius 3 is 2.58 bits per heavy atom. The molecule has 1 fully saturated rings. The van der Waals surface area contributed by atoms with Gasteiger partial charge in [-0.1, -0.05) is 12.5 Å². The van der Waals surface area contributed by atoms with E-state index in [0.717, 1.165) is 18.7 Å². The van der Waals surface area contributed by atoms with Crippen LogP contribution in [0.5, 0.6) is 17.2 Å². The summed E-state index contributed by atoms with van der Waals surface area (Å²) in [6, 6.07) is 13.5. The van der Waals surface area contributed by atoms with Crippen LogP contribution in [-0.2, 0) is 0 Å². The van der Waals surface area contributed by atoms with Gasteiger partial charge in [-0.05, 0) is 50.1 Å². The van der Waals surface area contributed by atoms with Crippen LogP contribution in [0.3, 0.4) is 0 Å². The van der Waals surface area contributed by atoms with Gasteiger partial charge in [0.15, 0.2) is 0 Å². The molecule has 0 bridgehead atoms. The van der Waals surface area contributed by atoms with E-state index in [4.69, 9.17) is 20.9 Å². The summed E-state index contributed by atoms with van der Waals surface area (Å²) in [5.74, 6) is 2.18. The first-order chi connectivity index (χ1) is 11.7. The Hall–Kier alpha value is -2.40. The molecule has 5 N–H and O–H groups in total. The second-order valence-electron chi connectivity index (χ2n) is 6.15. The minimum Gasteiger partial charge on any atom is -0.493 e. The van der Waals surface area contributed by atoms with Crippen molar-refractivity contribution in [2.24, 2.45) is 0 Å². The fourth-order valence-electron chi connectivity index (χ4n) is 2.87. The monoisotopic (exact) mass is 327 g/mol. The number of rotatable bonds is 6. The molecule has 24 heavy (non-hydrogen) atoms. The third-order valence-corrected chi connectivity index (χ3v) is 4.25. The minimum absolute atomic E-state index is 0.514. The highest BCUT2D eigenvalue weighted by Gasteiger charge is 2.12. The van der Waals surface area contributed by atoms with Crippen LogP contribution >= 0.6 is 0 Å². The fraction of sp³-hybridized carbons (Fsp3) is 0.368. The molecule has 1 unspecified atom stereocenters. The Kier molecular flexibility index (Phi) is 5.43. The van der Waals surface area contributed by atoms with Gasteiger partial charge in [0.05, 0.1) is 18.0 Å². The van der Waals surface area contributed by atoms with Crippen molar-refractivity contribution in [2.45, 2.75) is 31.7 Å². The van der Waals surface area contributed by atoms with Gasteiger partial charge in [-0.3, -0.25) is 0 Å². The SMILES string of the molecule is Nc1ccc(Oc2cccc(OCCC3CCCCN3)c2)cc1N. The molecule has 5 nitrogen and oxygen atoms in total. The van der Waals surface area contributed by atoms with Crippen molar-refractivity contribution in [1.29, 1.82) is 0 Å². The fourth-order valence-corrected chi connectivity index (χ4v) is 2.87. The predicted molar refractivity (Wildman–Crippen MR) is 97.5 cm³/mol. The molecule has 1 saturated heterocycles. The van der Waals surface area contributed by atoms with Crippen molar-refractivity contribution in [3.05, 3.63) is 42.5 Å². The van der Waals surface area contributed by atoms with Crippen molar-refractivity contribution in [3.8, 4) is 17.2 Å². The summed E-state index contributed by atoms with van der Waals surface area (Å²) in [7, 11) is 0. The van der Waals surface area contributed by atoms with E-state index >= 15 is 0 Å². The number of nitrogen functional groups attached to an aromatic ring is 2. The Labute approximate surface area is 142 Å². The maximum atomic E-state index is 5.87. The standard InChI is InChI=1S/C19H25N3O2/c20-18-8-7-17(13-19(18)21)24-16-6-3-5-15(12-16)23-11-9-14-4-1-2-10-22-14/h3,5-8,12-14,22H,1-2,4,9-11,20-21H2. The lowest BCUT2D eigenvalue weighted by molar-refractivity contribution is 0.267. The molecule has 0 saturated carbocycles. The van der Waals surface area contributed by atoms with Gasteiger partial charge in [0.1, 0.15) is 17.2 Å². The van der Waals surface area contributed by atoms with Crippen LogP contribution < -0.4 is 26.3 Å². The number of benzene rings is 2. The van der Waals surface area contributed by atoms with Crippen molar-refractivity contribution in [1.82, 2.24) is 5.32 Å². The number of nitrogens with two attached hydrogens (primary N) is 2. The van der Waals surface area contributed by atoms with E-state index in [-0.39, 0.29) is 0 Å². The lowest BCUT2D eigenvalue weighted by atomic mass is 10.0. The molecule has 0 radical (unpaired) electrons. The van der Waals surface area contributed by atoms with E-state index < -0.39 is 0 Å². The Morgan fingerprint density at radius 1 is 0.958 bits per heavy atom. The second kappa shape index (κ2) is 7.93. The Bertz CT molecular complexity index is 669. The zero-order valence-corrected chi connectivity index (χ0v) is 13.8. The highest BCUT2D eigenvalue weighted by Crippen LogP contribution is 2.28. The van der Waals surface area contributed by atoms with E-state index in [1.54, 1.807) is 18.2 Å². The predicted octanol–water partition coefficient (Wildman–Crippen LogP) is 3.55. The summed E-state index contributed by atoms with van der Waals surface area (Å²) in [4.78, 5) is 0. The summed E-state index contributed by atoms with van der Waals surface area (Å²) >= 11 is 0. The van der Waals surface area contributed by atoms with Gasteiger partial charge in [0.25, 0.3) is 0 Å². The van der Waals surface area contributed by atoms with Gasteiger partial charge >= 0.3 is 0 Å². The van der Waals surface area contributed by atoms with Crippen LogP contribution in [0.15, 0.2) is 42.5 Å². The van der Waals surface area contributed by atoms with Gasteiger partial charge in [-0.25, -0.2) is 0 Å². The maximum Gasteiger partial charge on any atom is 0.131 e. The number of nitrogens with one attached hydrogen (secondary N) is 1. The summed E-state index contributed by atoms with van der Waals surface area (Å²) < 4.78 is 11.7. The third-order valence-electron chi connectivity index (χ3n) is 4.25. The van der Waals surface area contributed by atoms with E-state index in [1.807, 2.05) is 24.3 Å². The highest BCUT2D eigenvalue weighted by molar-refractivity contribution is 5.65. The van der Waals surface area contributed by atoms with Crippen LogP contribution in [0.2, 0.25) is 0 Å². The zero-order valence-electron chi connectivity index (χ0n) is 13.8. The topological polar surface area (TPSA) is 82.5 Å². The van der Waals surface area contributed by atoms with Crippen LogP contribution in [0.4, 0.5) is 11.4 Å². The number of hydrogen-bond donors (Lipinski definition) is 3. The number of anilines is 2. The summed E-state index contributed by atoms with van der Waals surface area (Å²) in [5, 5.41) is 3.53. The van der Waals surface area contributed by atoms with Gasteiger partial charge in [0.2, 0.25) is 0 Å². The molecule has 1 aliphatic heterocycles. The Morgan fingerprint density at radius 2 is 1.79 bits per heavy atom. The second-order valence-corrected chi connectivity index (χ2v) is 6.15. The largest absolute Gasteiger partial charge is 0.493 e. The van der Waals surface area contributed by atoms with E-state index in [0.29, 0.717) is 35.5 Å². The number of hydrogen-bond acceptors (Lipinski definition) is 5. The average molecular weight is 327 g/mol. The molecular weight excluding hydrogens is 302 g/mol. The lowest BCUT2D eigenvalue weighted by Crippen LogP contribution is -2.35. The van der Waals surface area contributed by atoms with E-state index in [9.17, 15) is 0 Å². The van der Waals surface area contributed by atoms with E-state index in [2.05, 4.69) is 5.32 Å². The van der Waals surface area contributed by atoms with E-state index in [1.165, 1.54) is 19.3 Å². The molecule has 1 atom stereocenters. The zero-order chi connectivity index (χ0) is 16.8. The molecule has 2 aromatic rings. The van der Waals surface area contributed by atoms with Crippen molar-refractivity contribution < 1.29 is 9.47 Å². The normalized spacial score (nSPS) is 17.4. The van der Waals surface area contributed by atoms with Crippen LogP contribution in [0.25, 0.3) is 0 Å². The first-order valence-corrected chi connectivity index (χ1v) is 8.50. The molecule has 5 heteroatoms. The van der Waals surface area contributed by atoms with Gasteiger partial charge in [0, 0.05) is 18.2 Å². The minimum atomic E-state index is 0.514. The first kappa shape index (κ1) is 16.5. The smallest absolute Gasteiger partial charge is 0.131 e. The molecule has 0 aliphatic carbocycles. The van der Waals surface area contributed by atoms with Gasteiger partial charge < -0.3 is 26.3 Å². The van der Waals surface area contributed by atoms with Crippen LogP contribution in [0.1, 0.15) is 25.7 Å². The molecule has 3 rings (SSSR count). The van der Waals surface area contributed by atoms with Crippen molar-refractivity contribution in [2.75, 3.05) is 24.6 Å². The molecule has 128 valence electrons. The van der Waals surface area contributed by atoms with Crippen LogP contribution in [0, 0.1) is 0 Å². The molecular formula is C19H25N3O2. The molecule has 0 spiro atoms. The molecule has 1 heterocycles. The summed E-state index contributed by atoms with van der Waals surface area (Å²) in [5.41, 5.74) is 12.6. The molecule has 1 aliphatic rings. The van der Waals surface area contributed by atoms with Crippen molar-refractivity contribution >= 4 is 11.4 Å². The quantitative estimate of drug-likeness (QED) is 0.707. The van der Waals surface area contributed by atoms with Gasteiger partial charge in [-0.15, -0.1) is 0 Å². The first-order valence-electron chi connectivity index (χ1n) is 8.50. The maximum absolute atomic E-state index is 5.87. The summed E-state index contributed by atoms with van der Waals surface area (Å²) in [6.45, 7) is 1.83. The average Bonchev–Trinajstić information content (AvgIpc) is 2.60. The van der Waals surface area contributed by atoms with Crippen molar-refractivity contribution in [3.63, 3.8) is 0 Å². The Balaban J connectivity index is 1.54. The number of ether oxygens (including phenoxy) is 2. The third kappa shape index (κ3) is 4.55. The highest BCUT2D eigenvalue weighted by atomic mass is 16.5. The summed E-state index contributed by atoms with van der Waals surface area (Å²) in [6.07, 6.45) is 4.86. The molecule has 0 amide bonds. The molecule has 0 aromatic heterocycles. The van der Waals surface area contributed by atoms with Crippen LogP contribution in [-0.4, -0.2) is 19.2 Å². The lowest BCUT2D eigenvalue weighted by Gasteiger charge is -2.23. The molecule has 2 aromatic carbocycles. The number of piperidine rings is 1.